The van der Waals surface area contributed by atoms with Crippen molar-refractivity contribution < 1.29 is 9.47 Å². The molecule has 2 aromatic rings. The molecule has 102 valence electrons. The molecule has 0 bridgehead atoms. The second kappa shape index (κ2) is 5.83. The van der Waals surface area contributed by atoms with E-state index in [0.29, 0.717) is 5.92 Å². The van der Waals surface area contributed by atoms with Gasteiger partial charge in [0.25, 0.3) is 0 Å². The number of fused-ring (bicyclic) bond motifs is 1. The van der Waals surface area contributed by atoms with Gasteiger partial charge in [-0.15, -0.1) is 0 Å². The zero-order chi connectivity index (χ0) is 13.8. The molecule has 0 radical (unpaired) electrons. The number of rotatable bonds is 3. The fraction of sp³-hybridized carbons (Fsp3) is 0.222. The summed E-state index contributed by atoms with van der Waals surface area (Å²) in [6.07, 6.45) is 5.44. The molecule has 1 atom stereocenters. The van der Waals surface area contributed by atoms with Crippen LogP contribution in [-0.2, 0) is 0 Å². The lowest BCUT2D eigenvalue weighted by Gasteiger charge is -2.24. The smallest absolute Gasteiger partial charge is 0.123 e. The minimum atomic E-state index is 0.383. The maximum atomic E-state index is 5.72. The molecule has 0 spiro atoms. The molecule has 1 aliphatic heterocycles. The van der Waals surface area contributed by atoms with Crippen LogP contribution in [0.3, 0.4) is 0 Å². The molecule has 0 saturated carbocycles. The van der Waals surface area contributed by atoms with E-state index in [-0.39, 0.29) is 0 Å². The molecule has 1 aliphatic rings. The third kappa shape index (κ3) is 2.69. The SMILES string of the molecule is COc1ccc2c(c1)C(/C=C/c1ccccc1)CCO2. The standard InChI is InChI=1S/C18H18O2/c1-19-16-9-10-18-17(13-16)15(11-12-20-18)8-7-14-5-3-2-4-6-14/h2-10,13,15H,11-12H2,1H3/b8-7+. The van der Waals surface area contributed by atoms with E-state index in [9.17, 15) is 0 Å². The van der Waals surface area contributed by atoms with E-state index in [2.05, 4.69) is 42.5 Å². The van der Waals surface area contributed by atoms with E-state index < -0.39 is 0 Å². The van der Waals surface area contributed by atoms with Crippen molar-refractivity contribution in [1.82, 2.24) is 0 Å². The summed E-state index contributed by atoms with van der Waals surface area (Å²) in [6.45, 7) is 0.767. The van der Waals surface area contributed by atoms with Gasteiger partial charge in [-0.05, 0) is 30.2 Å². The summed E-state index contributed by atoms with van der Waals surface area (Å²) in [5.74, 6) is 2.24. The monoisotopic (exact) mass is 266 g/mol. The van der Waals surface area contributed by atoms with Gasteiger partial charge in [0.1, 0.15) is 11.5 Å². The average molecular weight is 266 g/mol. The number of methoxy groups -OCH3 is 1. The Balaban J connectivity index is 1.87. The summed E-state index contributed by atoms with van der Waals surface area (Å²) in [4.78, 5) is 0. The Kier molecular flexibility index (Phi) is 3.73. The zero-order valence-corrected chi connectivity index (χ0v) is 11.6. The van der Waals surface area contributed by atoms with Crippen LogP contribution in [0.1, 0.15) is 23.5 Å². The molecule has 0 N–H and O–H groups in total. The fourth-order valence-electron chi connectivity index (χ4n) is 2.52. The van der Waals surface area contributed by atoms with Crippen LogP contribution in [0.15, 0.2) is 54.6 Å². The molecule has 3 rings (SSSR count). The molecule has 0 aromatic heterocycles. The molecular weight excluding hydrogens is 248 g/mol. The average Bonchev–Trinajstić information content (AvgIpc) is 2.53. The number of allylic oxidation sites excluding steroid dienone is 1. The minimum absolute atomic E-state index is 0.383. The highest BCUT2D eigenvalue weighted by Gasteiger charge is 2.19. The highest BCUT2D eigenvalue weighted by molar-refractivity contribution is 5.53. The Hall–Kier alpha value is -2.22. The van der Waals surface area contributed by atoms with Crippen LogP contribution in [0.2, 0.25) is 0 Å². The number of benzene rings is 2. The number of hydrogen-bond donors (Lipinski definition) is 0. The van der Waals surface area contributed by atoms with Crippen LogP contribution in [0.25, 0.3) is 6.08 Å². The van der Waals surface area contributed by atoms with Gasteiger partial charge in [-0.2, -0.15) is 0 Å². The zero-order valence-electron chi connectivity index (χ0n) is 11.6. The first-order valence-electron chi connectivity index (χ1n) is 6.91. The molecule has 2 nitrogen and oxygen atoms in total. The van der Waals surface area contributed by atoms with Crippen LogP contribution in [0.5, 0.6) is 11.5 Å². The topological polar surface area (TPSA) is 18.5 Å². The molecular formula is C18H18O2. The van der Waals surface area contributed by atoms with Gasteiger partial charge in [-0.25, -0.2) is 0 Å². The van der Waals surface area contributed by atoms with E-state index in [1.54, 1.807) is 7.11 Å². The van der Waals surface area contributed by atoms with E-state index in [0.717, 1.165) is 24.5 Å². The van der Waals surface area contributed by atoms with Crippen molar-refractivity contribution in [2.24, 2.45) is 0 Å². The summed E-state index contributed by atoms with van der Waals surface area (Å²) in [5, 5.41) is 0. The molecule has 0 saturated heterocycles. The van der Waals surface area contributed by atoms with Crippen molar-refractivity contribution in [2.45, 2.75) is 12.3 Å². The van der Waals surface area contributed by atoms with Crippen molar-refractivity contribution in [3.63, 3.8) is 0 Å². The van der Waals surface area contributed by atoms with Gasteiger partial charge < -0.3 is 9.47 Å². The lowest BCUT2D eigenvalue weighted by Crippen LogP contribution is -2.12. The van der Waals surface area contributed by atoms with Crippen molar-refractivity contribution in [3.8, 4) is 11.5 Å². The normalized spacial score (nSPS) is 17.6. The van der Waals surface area contributed by atoms with Crippen molar-refractivity contribution in [3.05, 3.63) is 65.7 Å². The quantitative estimate of drug-likeness (QED) is 0.825. The van der Waals surface area contributed by atoms with E-state index in [4.69, 9.17) is 9.47 Å². The summed E-state index contributed by atoms with van der Waals surface area (Å²) in [7, 11) is 1.69. The van der Waals surface area contributed by atoms with Crippen LogP contribution >= 0.6 is 0 Å². The molecule has 0 amide bonds. The Morgan fingerprint density at radius 2 is 2.00 bits per heavy atom. The van der Waals surface area contributed by atoms with Crippen molar-refractivity contribution in [2.75, 3.05) is 13.7 Å². The van der Waals surface area contributed by atoms with Crippen LogP contribution in [0.4, 0.5) is 0 Å². The first kappa shape index (κ1) is 12.8. The second-order valence-corrected chi connectivity index (χ2v) is 4.92. The number of hydrogen-bond acceptors (Lipinski definition) is 2. The number of ether oxygens (including phenoxy) is 2. The Morgan fingerprint density at radius 1 is 1.15 bits per heavy atom. The Bertz CT molecular complexity index is 602. The predicted molar refractivity (Wildman–Crippen MR) is 81.3 cm³/mol. The Labute approximate surface area is 119 Å². The predicted octanol–water partition coefficient (Wildman–Crippen LogP) is 4.27. The molecule has 2 heteroatoms. The summed E-state index contributed by atoms with van der Waals surface area (Å²) in [6, 6.07) is 16.4. The largest absolute Gasteiger partial charge is 0.497 e. The summed E-state index contributed by atoms with van der Waals surface area (Å²) < 4.78 is 11.0. The van der Waals surface area contributed by atoms with Crippen molar-refractivity contribution >= 4 is 6.08 Å². The lowest BCUT2D eigenvalue weighted by molar-refractivity contribution is 0.278. The second-order valence-electron chi connectivity index (χ2n) is 4.92. The van der Waals surface area contributed by atoms with Gasteiger partial charge in [0.2, 0.25) is 0 Å². The molecule has 1 heterocycles. The summed E-state index contributed by atoms with van der Waals surface area (Å²) >= 11 is 0. The molecule has 0 fully saturated rings. The molecule has 20 heavy (non-hydrogen) atoms. The molecule has 1 unspecified atom stereocenters. The highest BCUT2D eigenvalue weighted by atomic mass is 16.5. The van der Waals surface area contributed by atoms with Gasteiger partial charge in [-0.1, -0.05) is 42.5 Å². The van der Waals surface area contributed by atoms with Gasteiger partial charge >= 0.3 is 0 Å². The molecule has 2 aromatic carbocycles. The van der Waals surface area contributed by atoms with Crippen molar-refractivity contribution in [1.29, 1.82) is 0 Å². The maximum absolute atomic E-state index is 5.72. The minimum Gasteiger partial charge on any atom is -0.497 e. The molecule has 0 aliphatic carbocycles. The van der Waals surface area contributed by atoms with E-state index in [1.807, 2.05) is 18.2 Å². The van der Waals surface area contributed by atoms with Gasteiger partial charge in [0.05, 0.1) is 13.7 Å². The third-order valence-corrected chi connectivity index (χ3v) is 3.62. The lowest BCUT2D eigenvalue weighted by atomic mass is 9.92. The third-order valence-electron chi connectivity index (χ3n) is 3.62. The van der Waals surface area contributed by atoms with Gasteiger partial charge in [-0.3, -0.25) is 0 Å². The Morgan fingerprint density at radius 3 is 2.80 bits per heavy atom. The summed E-state index contributed by atoms with van der Waals surface area (Å²) in [5.41, 5.74) is 2.44. The van der Waals surface area contributed by atoms with Crippen LogP contribution in [0, 0.1) is 0 Å². The van der Waals surface area contributed by atoms with E-state index in [1.165, 1.54) is 11.1 Å². The van der Waals surface area contributed by atoms with E-state index >= 15 is 0 Å². The van der Waals surface area contributed by atoms with Gasteiger partial charge in [0.15, 0.2) is 0 Å². The first-order chi connectivity index (χ1) is 9.86. The van der Waals surface area contributed by atoms with Crippen LogP contribution < -0.4 is 9.47 Å². The first-order valence-corrected chi connectivity index (χ1v) is 6.91. The van der Waals surface area contributed by atoms with Gasteiger partial charge in [0, 0.05) is 11.5 Å². The highest BCUT2D eigenvalue weighted by Crippen LogP contribution is 2.37. The fourth-order valence-corrected chi connectivity index (χ4v) is 2.52. The van der Waals surface area contributed by atoms with Crippen LogP contribution in [-0.4, -0.2) is 13.7 Å². The maximum Gasteiger partial charge on any atom is 0.123 e.